The second-order valence-corrected chi connectivity index (χ2v) is 2.30. The zero-order chi connectivity index (χ0) is 6.08. The fraction of sp³-hybridized carbons (Fsp3) is 0. The van der Waals surface area contributed by atoms with Crippen LogP contribution in [0.4, 0.5) is 4.79 Å². The largest absolute Gasteiger partial charge is 0.472 e. The molecule has 0 saturated carbocycles. The fourth-order valence-corrected chi connectivity index (χ4v) is 0. The molecular weight excluding hydrogens is 288 g/mol. The molecule has 0 fully saturated rings. The van der Waals surface area contributed by atoms with Gasteiger partial charge in [0.15, 0.2) is 0 Å². The van der Waals surface area contributed by atoms with E-state index in [4.69, 9.17) is 14.9 Å². The molecule has 0 atom stereocenters. The van der Waals surface area contributed by atoms with Crippen molar-refractivity contribution in [2.75, 3.05) is 0 Å². The van der Waals surface area contributed by atoms with E-state index in [1.807, 2.05) is 0 Å². The van der Waals surface area contributed by atoms with E-state index >= 15 is 0 Å². The first-order chi connectivity index (χ1) is 2.94. The Kier molecular flexibility index (Phi) is 178. The fourth-order valence-electron chi connectivity index (χ4n) is 0. The molecule has 15 N–H and O–H groups in total. The minimum atomic E-state index is -4.82. The van der Waals surface area contributed by atoms with E-state index in [-0.39, 0.29) is 122 Å². The number of hydrogen-bond acceptors (Lipinski definition) is 2. The number of rotatable bonds is 1. The predicted octanol–water partition coefficient (Wildman–Crippen LogP) is -6.25. The Bertz CT molecular complexity index is 133. The molecule has 11 nitrogen and oxygen atoms in total. The van der Waals surface area contributed by atoms with Crippen LogP contribution in [0, 0.1) is 0 Å². The average Bonchev–Trinajstić information content (AvgIpc) is 1.31. The Hall–Kier alpha value is 2.38. The van der Waals surface area contributed by atoms with Crippen molar-refractivity contribution in [1.82, 2.24) is 0 Å². The van der Waals surface area contributed by atoms with Crippen molar-refractivity contribution in [2.45, 2.75) is 0 Å². The quantitative estimate of drug-likeness (QED) is 0.313. The van der Waals surface area contributed by atoms with Crippen LogP contribution in [0.15, 0.2) is 0 Å². The summed E-state index contributed by atoms with van der Waals surface area (Å²) in [6.07, 6.45) is 0. The van der Waals surface area contributed by atoms with Crippen molar-refractivity contribution in [2.24, 2.45) is 0 Å². The summed E-state index contributed by atoms with van der Waals surface area (Å²) in [5.74, 6) is 0. The van der Waals surface area contributed by atoms with Crippen LogP contribution in [0.3, 0.4) is 0 Å². The maximum absolute atomic E-state index is 9.43. The van der Waals surface area contributed by atoms with Crippen LogP contribution in [0.1, 0.15) is 0 Å². The first kappa shape index (κ1) is 79.1. The summed E-state index contributed by atoms with van der Waals surface area (Å²) in [4.78, 5) is 24.5. The molecule has 0 aromatic rings. The molecule has 0 aliphatic rings. The van der Waals surface area contributed by atoms with E-state index in [9.17, 15) is 9.36 Å². The van der Waals surface area contributed by atoms with Gasteiger partial charge in [0.1, 0.15) is 0 Å². The summed E-state index contributed by atoms with van der Waals surface area (Å²) < 4.78 is 9.43. The van der Waals surface area contributed by atoms with Crippen LogP contribution in [0.25, 0.3) is 0 Å². The van der Waals surface area contributed by atoms with Gasteiger partial charge in [-0.3, -0.25) is 0 Å². The molecule has 16 heavy (non-hydrogen) atoms. The van der Waals surface area contributed by atoms with Crippen LogP contribution >= 0.6 is 7.60 Å². The number of hydrogen-bond donors (Lipinski definition) is 3. The van der Waals surface area contributed by atoms with Crippen molar-refractivity contribution in [3.05, 3.63) is 0 Å². The van der Waals surface area contributed by atoms with Crippen LogP contribution < -0.4 is 0 Å². The molecule has 0 heterocycles. The summed E-state index contributed by atoms with van der Waals surface area (Å²) >= 11 is 0. The standard InChI is InChI=1S/CH3O5P.3Na.6H2O/c2-1(3)7(4,5)6;;;;;;;;;/h(H,2,3)(H2,4,5,6);;;;6*1H2. The molecule has 0 saturated heterocycles. The van der Waals surface area contributed by atoms with E-state index in [2.05, 4.69) is 0 Å². The molecule has 0 aromatic carbocycles. The second kappa shape index (κ2) is 36.0. The molecule has 0 bridgehead atoms. The van der Waals surface area contributed by atoms with Crippen molar-refractivity contribution in [1.29, 1.82) is 0 Å². The Labute approximate surface area is 157 Å². The molecule has 0 unspecified atom stereocenters. The van der Waals surface area contributed by atoms with Crippen LogP contribution in [-0.4, -0.2) is 142 Å². The van der Waals surface area contributed by atoms with Gasteiger partial charge in [-0.05, 0) is 0 Å². The first-order valence-electron chi connectivity index (χ1n) is 1.23. The SMILES string of the molecule is O.O.O.O.O.O.O=C(O)P(=O)(O)O.[Na].[Na].[Na]. The second-order valence-electron chi connectivity index (χ2n) is 0.827. The third kappa shape index (κ3) is 55.2. The van der Waals surface area contributed by atoms with Crippen molar-refractivity contribution in [3.8, 4) is 0 Å². The van der Waals surface area contributed by atoms with Crippen LogP contribution in [0.5, 0.6) is 0 Å². The predicted molar refractivity (Wildman–Crippen MR) is 59.0 cm³/mol. The third-order valence-electron chi connectivity index (χ3n) is 0.249. The summed E-state index contributed by atoms with van der Waals surface area (Å²) in [7, 11) is -4.82. The molecule has 0 rings (SSSR count). The van der Waals surface area contributed by atoms with Crippen molar-refractivity contribution >= 4 is 102 Å². The molecule has 0 aliphatic heterocycles. The molecule has 0 amide bonds. The molecule has 15 heteroatoms. The topological polar surface area (TPSA) is 284 Å². The Morgan fingerprint density at radius 3 is 0.812 bits per heavy atom. The summed E-state index contributed by atoms with van der Waals surface area (Å²) in [5, 5.41) is 7.49. The van der Waals surface area contributed by atoms with Gasteiger partial charge in [-0.15, -0.1) is 0 Å². The summed E-state index contributed by atoms with van der Waals surface area (Å²) in [6, 6.07) is 0. The number of carboxylic acid groups (broad SMARTS) is 1. The van der Waals surface area contributed by atoms with Gasteiger partial charge in [0.2, 0.25) is 0 Å². The van der Waals surface area contributed by atoms with Gasteiger partial charge in [0.05, 0.1) is 0 Å². The average molecular weight is 303 g/mol. The first-order valence-corrected chi connectivity index (χ1v) is 2.85. The smallest absolute Gasteiger partial charge is 0.433 e. The van der Waals surface area contributed by atoms with E-state index in [0.29, 0.717) is 0 Å². The van der Waals surface area contributed by atoms with E-state index in [1.54, 1.807) is 0 Å². The molecule has 0 aromatic heterocycles. The van der Waals surface area contributed by atoms with Gasteiger partial charge in [-0.2, -0.15) is 0 Å². The summed E-state index contributed by atoms with van der Waals surface area (Å²) in [6.45, 7) is 0. The van der Waals surface area contributed by atoms with Crippen molar-refractivity contribution in [3.63, 3.8) is 0 Å². The Morgan fingerprint density at radius 1 is 0.750 bits per heavy atom. The van der Waals surface area contributed by atoms with Gasteiger partial charge < -0.3 is 47.8 Å². The van der Waals surface area contributed by atoms with E-state index in [1.165, 1.54) is 0 Å². The Balaban J connectivity index is -0.00000000500. The van der Waals surface area contributed by atoms with Gasteiger partial charge in [0.25, 0.3) is 0 Å². The summed E-state index contributed by atoms with van der Waals surface area (Å²) in [5.41, 5.74) is -2.09. The zero-order valence-electron chi connectivity index (χ0n) is 9.11. The monoisotopic (exact) mass is 303 g/mol. The maximum Gasteiger partial charge on any atom is 0.433 e. The van der Waals surface area contributed by atoms with Crippen LogP contribution in [-0.2, 0) is 4.57 Å². The minimum Gasteiger partial charge on any atom is -0.472 e. The molecule has 3 radical (unpaired) electrons. The third-order valence-corrected chi connectivity index (χ3v) is 0.748. The molecule has 0 spiro atoms. The minimum absolute atomic E-state index is 0. The van der Waals surface area contributed by atoms with E-state index < -0.39 is 13.3 Å². The Morgan fingerprint density at radius 2 is 0.812 bits per heavy atom. The number of carbonyl (C=O) groups is 1. The van der Waals surface area contributed by atoms with Gasteiger partial charge in [0, 0.05) is 88.7 Å². The molecular formula is CH15Na3O11P. The van der Waals surface area contributed by atoms with Crippen molar-refractivity contribution < 1.29 is 57.1 Å². The van der Waals surface area contributed by atoms with Gasteiger partial charge >= 0.3 is 13.3 Å². The van der Waals surface area contributed by atoms with Gasteiger partial charge in [-0.1, -0.05) is 0 Å². The van der Waals surface area contributed by atoms with E-state index in [0.717, 1.165) is 0 Å². The maximum atomic E-state index is 9.43. The molecule has 93 valence electrons. The van der Waals surface area contributed by atoms with Crippen LogP contribution in [0.2, 0.25) is 0 Å². The molecule has 0 aliphatic carbocycles. The zero-order valence-corrected chi connectivity index (χ0v) is 16.0. The van der Waals surface area contributed by atoms with Gasteiger partial charge in [-0.25, -0.2) is 9.36 Å². The normalized spacial score (nSPS) is 4.88.